The van der Waals surface area contributed by atoms with Gasteiger partial charge in [-0.15, -0.1) is 0 Å². The molecule has 4 heteroatoms. The Balaban J connectivity index is 1.87. The minimum atomic E-state index is -0.294. The molecule has 3 aromatic rings. The average Bonchev–Trinajstić information content (AvgIpc) is 2.98. The number of aryl methyl sites for hydroxylation is 2. The van der Waals surface area contributed by atoms with E-state index in [0.29, 0.717) is 11.6 Å². The molecule has 0 spiro atoms. The predicted octanol–water partition coefficient (Wildman–Crippen LogP) is 3.14. The zero-order valence-corrected chi connectivity index (χ0v) is 12.2. The summed E-state index contributed by atoms with van der Waals surface area (Å²) < 4.78 is 0. The molecule has 0 saturated heterocycles. The van der Waals surface area contributed by atoms with Gasteiger partial charge in [0.15, 0.2) is 5.82 Å². The van der Waals surface area contributed by atoms with Crippen molar-refractivity contribution in [3.8, 4) is 11.4 Å². The lowest BCUT2D eigenvalue weighted by molar-refractivity contribution is 0.787. The summed E-state index contributed by atoms with van der Waals surface area (Å²) >= 11 is 0. The van der Waals surface area contributed by atoms with Crippen LogP contribution >= 0.6 is 0 Å². The van der Waals surface area contributed by atoms with Crippen LogP contribution < -0.4 is 5.73 Å². The van der Waals surface area contributed by atoms with Gasteiger partial charge >= 0.3 is 0 Å². The monoisotopic (exact) mass is 278 g/mol. The minimum absolute atomic E-state index is 0.294. The molecular formula is C17H18N4. The Morgan fingerprint density at radius 1 is 0.905 bits per heavy atom. The number of H-pyrrole nitrogens is 1. The molecule has 3 rings (SSSR count). The molecule has 0 bridgehead atoms. The van der Waals surface area contributed by atoms with Crippen molar-refractivity contribution in [2.75, 3.05) is 0 Å². The molecule has 0 aliphatic rings. The highest BCUT2D eigenvalue weighted by Crippen LogP contribution is 2.20. The number of hydrogen-bond donors (Lipinski definition) is 2. The summed E-state index contributed by atoms with van der Waals surface area (Å²) in [4.78, 5) is 4.52. The third-order valence-electron chi connectivity index (χ3n) is 3.54. The number of aromatic amines is 1. The maximum absolute atomic E-state index is 6.25. The van der Waals surface area contributed by atoms with Gasteiger partial charge < -0.3 is 5.73 Å². The van der Waals surface area contributed by atoms with E-state index in [4.69, 9.17) is 5.73 Å². The third kappa shape index (κ3) is 2.85. The zero-order valence-electron chi connectivity index (χ0n) is 12.2. The second kappa shape index (κ2) is 5.50. The fourth-order valence-corrected chi connectivity index (χ4v) is 2.18. The molecule has 1 heterocycles. The van der Waals surface area contributed by atoms with Crippen LogP contribution in [0.25, 0.3) is 11.4 Å². The van der Waals surface area contributed by atoms with E-state index in [1.165, 1.54) is 11.1 Å². The number of nitrogens with zero attached hydrogens (tertiary/aromatic N) is 2. The van der Waals surface area contributed by atoms with Crippen LogP contribution in [0.1, 0.15) is 28.6 Å². The Hall–Kier alpha value is -2.46. The zero-order chi connectivity index (χ0) is 14.8. The normalized spacial score (nSPS) is 12.3. The molecule has 0 radical (unpaired) electrons. The maximum atomic E-state index is 6.25. The summed E-state index contributed by atoms with van der Waals surface area (Å²) in [5.74, 6) is 1.35. The molecule has 3 N–H and O–H groups in total. The number of aromatic nitrogens is 3. The van der Waals surface area contributed by atoms with Crippen molar-refractivity contribution in [2.45, 2.75) is 19.9 Å². The van der Waals surface area contributed by atoms with Gasteiger partial charge in [-0.05, 0) is 19.4 Å². The van der Waals surface area contributed by atoms with Gasteiger partial charge in [-0.2, -0.15) is 5.10 Å². The van der Waals surface area contributed by atoms with Crippen molar-refractivity contribution >= 4 is 0 Å². The molecule has 1 atom stereocenters. The van der Waals surface area contributed by atoms with Crippen LogP contribution in [-0.4, -0.2) is 15.2 Å². The Kier molecular flexibility index (Phi) is 3.54. The second-order valence-electron chi connectivity index (χ2n) is 5.30. The van der Waals surface area contributed by atoms with Gasteiger partial charge in [0.2, 0.25) is 0 Å². The fourth-order valence-electron chi connectivity index (χ4n) is 2.18. The maximum Gasteiger partial charge on any atom is 0.181 e. The summed E-state index contributed by atoms with van der Waals surface area (Å²) in [6.07, 6.45) is 0. The SMILES string of the molecule is Cc1ccc(-c2n[nH]c(C(N)c3ccc(C)cc3)n2)cc1. The molecule has 1 aromatic heterocycles. The van der Waals surface area contributed by atoms with Crippen LogP contribution in [0, 0.1) is 13.8 Å². The number of nitrogens with one attached hydrogen (secondary N) is 1. The average molecular weight is 278 g/mol. The van der Waals surface area contributed by atoms with E-state index in [1.54, 1.807) is 0 Å². The predicted molar refractivity (Wildman–Crippen MR) is 83.8 cm³/mol. The molecule has 0 fully saturated rings. The lowest BCUT2D eigenvalue weighted by atomic mass is 10.1. The van der Waals surface area contributed by atoms with Crippen molar-refractivity contribution in [2.24, 2.45) is 5.73 Å². The van der Waals surface area contributed by atoms with Crippen LogP contribution in [0.4, 0.5) is 0 Å². The van der Waals surface area contributed by atoms with Crippen molar-refractivity contribution < 1.29 is 0 Å². The van der Waals surface area contributed by atoms with E-state index in [0.717, 1.165) is 11.1 Å². The standard InChI is InChI=1S/C17H18N4/c1-11-3-7-13(8-4-11)15(18)17-19-16(20-21-17)14-9-5-12(2)6-10-14/h3-10,15H,18H2,1-2H3,(H,19,20,21). The topological polar surface area (TPSA) is 67.6 Å². The Morgan fingerprint density at radius 3 is 2.10 bits per heavy atom. The third-order valence-corrected chi connectivity index (χ3v) is 3.54. The van der Waals surface area contributed by atoms with Crippen molar-refractivity contribution in [1.29, 1.82) is 0 Å². The van der Waals surface area contributed by atoms with Crippen molar-refractivity contribution in [3.05, 3.63) is 71.0 Å². The highest BCUT2D eigenvalue weighted by atomic mass is 15.2. The summed E-state index contributed by atoms with van der Waals surface area (Å²) in [6, 6.07) is 16.0. The van der Waals surface area contributed by atoms with Crippen LogP contribution in [0.3, 0.4) is 0 Å². The molecule has 106 valence electrons. The smallest absolute Gasteiger partial charge is 0.181 e. The first-order valence-electron chi connectivity index (χ1n) is 6.95. The lowest BCUT2D eigenvalue weighted by Gasteiger charge is -2.08. The van der Waals surface area contributed by atoms with Crippen LogP contribution in [-0.2, 0) is 0 Å². The second-order valence-corrected chi connectivity index (χ2v) is 5.30. The summed E-state index contributed by atoms with van der Waals surface area (Å²) in [5.41, 5.74) is 10.7. The summed E-state index contributed by atoms with van der Waals surface area (Å²) in [5, 5.41) is 7.21. The molecule has 0 aliphatic carbocycles. The summed E-state index contributed by atoms with van der Waals surface area (Å²) in [7, 11) is 0. The summed E-state index contributed by atoms with van der Waals surface area (Å²) in [6.45, 7) is 4.11. The number of hydrogen-bond acceptors (Lipinski definition) is 3. The largest absolute Gasteiger partial charge is 0.318 e. The molecule has 0 saturated carbocycles. The van der Waals surface area contributed by atoms with Crippen molar-refractivity contribution in [1.82, 2.24) is 15.2 Å². The van der Waals surface area contributed by atoms with Crippen LogP contribution in [0.15, 0.2) is 48.5 Å². The van der Waals surface area contributed by atoms with Crippen molar-refractivity contribution in [3.63, 3.8) is 0 Å². The number of rotatable bonds is 3. The minimum Gasteiger partial charge on any atom is -0.318 e. The fraction of sp³-hybridized carbons (Fsp3) is 0.176. The molecule has 4 nitrogen and oxygen atoms in total. The van der Waals surface area contributed by atoms with Gasteiger partial charge in [-0.3, -0.25) is 5.10 Å². The van der Waals surface area contributed by atoms with E-state index in [2.05, 4.69) is 29.0 Å². The Labute approximate surface area is 124 Å². The first kappa shape index (κ1) is 13.5. The first-order valence-corrected chi connectivity index (χ1v) is 6.95. The van der Waals surface area contributed by atoms with Gasteiger partial charge in [-0.1, -0.05) is 59.7 Å². The molecule has 0 aliphatic heterocycles. The highest BCUT2D eigenvalue weighted by molar-refractivity contribution is 5.55. The van der Waals surface area contributed by atoms with Crippen LogP contribution in [0.2, 0.25) is 0 Å². The number of nitrogens with two attached hydrogens (primary N) is 1. The van der Waals surface area contributed by atoms with Gasteiger partial charge in [-0.25, -0.2) is 4.98 Å². The molecule has 2 aromatic carbocycles. The van der Waals surface area contributed by atoms with Gasteiger partial charge in [0.05, 0.1) is 6.04 Å². The van der Waals surface area contributed by atoms with E-state index in [-0.39, 0.29) is 6.04 Å². The molecule has 1 unspecified atom stereocenters. The van der Waals surface area contributed by atoms with Gasteiger partial charge in [0.25, 0.3) is 0 Å². The van der Waals surface area contributed by atoms with Crippen LogP contribution in [0.5, 0.6) is 0 Å². The molecule has 0 amide bonds. The Bertz CT molecular complexity index is 726. The lowest BCUT2D eigenvalue weighted by Crippen LogP contribution is -2.13. The van der Waals surface area contributed by atoms with Gasteiger partial charge in [0.1, 0.15) is 5.82 Å². The first-order chi connectivity index (χ1) is 10.1. The number of benzene rings is 2. The quantitative estimate of drug-likeness (QED) is 0.773. The van der Waals surface area contributed by atoms with E-state index < -0.39 is 0 Å². The van der Waals surface area contributed by atoms with E-state index in [1.807, 2.05) is 48.5 Å². The highest BCUT2D eigenvalue weighted by Gasteiger charge is 2.14. The van der Waals surface area contributed by atoms with E-state index >= 15 is 0 Å². The van der Waals surface area contributed by atoms with Gasteiger partial charge in [0, 0.05) is 5.56 Å². The molecule has 21 heavy (non-hydrogen) atoms. The molecular weight excluding hydrogens is 260 g/mol. The van der Waals surface area contributed by atoms with E-state index in [9.17, 15) is 0 Å². The Morgan fingerprint density at radius 2 is 1.48 bits per heavy atom.